The SMILES string of the molecule is O=C(NC1(C(=O)O)CCC1)c1cccc(-n2cccn2)n1. The van der Waals surface area contributed by atoms with Crippen molar-refractivity contribution in [3.05, 3.63) is 42.4 Å². The van der Waals surface area contributed by atoms with Gasteiger partial charge in [-0.2, -0.15) is 5.10 Å². The van der Waals surface area contributed by atoms with Crippen LogP contribution < -0.4 is 5.32 Å². The van der Waals surface area contributed by atoms with Crippen LogP contribution in [0.1, 0.15) is 29.8 Å². The van der Waals surface area contributed by atoms with Gasteiger partial charge in [0.2, 0.25) is 0 Å². The van der Waals surface area contributed by atoms with Gasteiger partial charge in [0.15, 0.2) is 5.82 Å². The molecule has 2 aromatic heterocycles. The molecule has 3 rings (SSSR count). The van der Waals surface area contributed by atoms with Gasteiger partial charge >= 0.3 is 5.97 Å². The number of hydrogen-bond donors (Lipinski definition) is 2. The van der Waals surface area contributed by atoms with E-state index in [4.69, 9.17) is 0 Å². The zero-order valence-corrected chi connectivity index (χ0v) is 11.2. The summed E-state index contributed by atoms with van der Waals surface area (Å²) in [6.45, 7) is 0. The molecule has 2 N–H and O–H groups in total. The van der Waals surface area contributed by atoms with E-state index in [-0.39, 0.29) is 5.69 Å². The maximum Gasteiger partial charge on any atom is 0.329 e. The quantitative estimate of drug-likeness (QED) is 0.874. The molecule has 2 heterocycles. The van der Waals surface area contributed by atoms with Gasteiger partial charge in [0.25, 0.3) is 5.91 Å². The molecule has 1 aliphatic rings. The van der Waals surface area contributed by atoms with Gasteiger partial charge in [-0.3, -0.25) is 4.79 Å². The fourth-order valence-corrected chi connectivity index (χ4v) is 2.29. The van der Waals surface area contributed by atoms with Crippen LogP contribution >= 0.6 is 0 Å². The van der Waals surface area contributed by atoms with Crippen LogP contribution in [0.5, 0.6) is 0 Å². The summed E-state index contributed by atoms with van der Waals surface area (Å²) in [7, 11) is 0. The average Bonchev–Trinajstić information content (AvgIpc) is 2.96. The molecule has 108 valence electrons. The predicted molar refractivity (Wildman–Crippen MR) is 73.0 cm³/mol. The van der Waals surface area contributed by atoms with Crippen LogP contribution in [0.3, 0.4) is 0 Å². The van der Waals surface area contributed by atoms with Crippen LogP contribution in [-0.4, -0.2) is 37.3 Å². The van der Waals surface area contributed by atoms with Gasteiger partial charge in [-0.25, -0.2) is 14.5 Å². The second-order valence-corrected chi connectivity index (χ2v) is 5.03. The number of hydrogen-bond acceptors (Lipinski definition) is 4. The third-order valence-electron chi connectivity index (χ3n) is 3.68. The maximum atomic E-state index is 12.2. The van der Waals surface area contributed by atoms with Crippen molar-refractivity contribution in [2.45, 2.75) is 24.8 Å². The molecular formula is C14H14N4O3. The number of nitrogens with zero attached hydrogens (tertiary/aromatic N) is 3. The highest BCUT2D eigenvalue weighted by Gasteiger charge is 2.45. The Morgan fingerprint density at radius 1 is 1.29 bits per heavy atom. The molecule has 0 atom stereocenters. The van der Waals surface area contributed by atoms with Gasteiger partial charge < -0.3 is 10.4 Å². The first-order valence-electron chi connectivity index (χ1n) is 6.64. The lowest BCUT2D eigenvalue weighted by Crippen LogP contribution is -2.59. The molecule has 0 saturated heterocycles. The van der Waals surface area contributed by atoms with Gasteiger partial charge in [0, 0.05) is 12.4 Å². The van der Waals surface area contributed by atoms with Crippen molar-refractivity contribution in [2.75, 3.05) is 0 Å². The lowest BCUT2D eigenvalue weighted by Gasteiger charge is -2.38. The lowest BCUT2D eigenvalue weighted by atomic mass is 9.76. The highest BCUT2D eigenvalue weighted by Crippen LogP contribution is 2.32. The summed E-state index contributed by atoms with van der Waals surface area (Å²) in [6.07, 6.45) is 5.03. The summed E-state index contributed by atoms with van der Waals surface area (Å²) in [5, 5.41) is 15.9. The zero-order valence-electron chi connectivity index (χ0n) is 11.2. The van der Waals surface area contributed by atoms with Gasteiger partial charge in [0.05, 0.1) is 0 Å². The Bertz CT molecular complexity index is 677. The number of carbonyl (C=O) groups is 2. The summed E-state index contributed by atoms with van der Waals surface area (Å²) in [5.41, 5.74) is -0.962. The summed E-state index contributed by atoms with van der Waals surface area (Å²) >= 11 is 0. The first kappa shape index (κ1) is 13.3. The molecule has 0 radical (unpaired) electrons. The van der Waals surface area contributed by atoms with Crippen molar-refractivity contribution in [2.24, 2.45) is 0 Å². The molecule has 1 aliphatic carbocycles. The molecule has 7 nitrogen and oxygen atoms in total. The van der Waals surface area contributed by atoms with Gasteiger partial charge in [0.1, 0.15) is 11.2 Å². The zero-order chi connectivity index (χ0) is 14.9. The minimum atomic E-state index is -1.14. The summed E-state index contributed by atoms with van der Waals surface area (Å²) in [5.74, 6) is -0.970. The molecule has 1 saturated carbocycles. The number of aromatic nitrogens is 3. The number of pyridine rings is 1. The van der Waals surface area contributed by atoms with Crippen molar-refractivity contribution < 1.29 is 14.7 Å². The van der Waals surface area contributed by atoms with E-state index >= 15 is 0 Å². The van der Waals surface area contributed by atoms with Crippen LogP contribution in [0.25, 0.3) is 5.82 Å². The van der Waals surface area contributed by atoms with E-state index in [0.29, 0.717) is 18.7 Å². The molecule has 1 amide bonds. The summed E-state index contributed by atoms with van der Waals surface area (Å²) in [6, 6.07) is 6.71. The Kier molecular flexibility index (Phi) is 3.17. The molecule has 1 fully saturated rings. The smallest absolute Gasteiger partial charge is 0.329 e. The first-order valence-corrected chi connectivity index (χ1v) is 6.64. The fourth-order valence-electron chi connectivity index (χ4n) is 2.29. The van der Waals surface area contributed by atoms with E-state index < -0.39 is 17.4 Å². The molecule has 2 aromatic rings. The minimum absolute atomic E-state index is 0.176. The van der Waals surface area contributed by atoms with Crippen molar-refractivity contribution in [3.8, 4) is 5.82 Å². The Morgan fingerprint density at radius 2 is 2.10 bits per heavy atom. The monoisotopic (exact) mass is 286 g/mol. The fraction of sp³-hybridized carbons (Fsp3) is 0.286. The van der Waals surface area contributed by atoms with Crippen LogP contribution in [0.4, 0.5) is 0 Å². The Balaban J connectivity index is 1.82. The molecule has 7 heteroatoms. The molecule has 0 aliphatic heterocycles. The summed E-state index contributed by atoms with van der Waals surface area (Å²) in [4.78, 5) is 27.7. The number of aliphatic carboxylic acids is 1. The topological polar surface area (TPSA) is 97.1 Å². The van der Waals surface area contributed by atoms with Crippen LogP contribution in [0.15, 0.2) is 36.7 Å². The molecule has 21 heavy (non-hydrogen) atoms. The Hall–Kier alpha value is -2.70. The molecule has 0 aromatic carbocycles. The predicted octanol–water partition coefficient (Wildman–Crippen LogP) is 1.00. The van der Waals surface area contributed by atoms with E-state index in [1.54, 1.807) is 36.7 Å². The third kappa shape index (κ3) is 2.37. The van der Waals surface area contributed by atoms with Crippen LogP contribution in [0, 0.1) is 0 Å². The maximum absolute atomic E-state index is 12.2. The van der Waals surface area contributed by atoms with E-state index in [0.717, 1.165) is 6.42 Å². The average molecular weight is 286 g/mol. The molecule has 0 bridgehead atoms. The Labute approximate surface area is 120 Å². The number of rotatable bonds is 4. The van der Waals surface area contributed by atoms with E-state index in [1.165, 1.54) is 4.68 Å². The second-order valence-electron chi connectivity index (χ2n) is 5.03. The Morgan fingerprint density at radius 3 is 2.67 bits per heavy atom. The third-order valence-corrected chi connectivity index (χ3v) is 3.68. The molecule has 0 unspecified atom stereocenters. The van der Waals surface area contributed by atoms with Crippen LogP contribution in [0.2, 0.25) is 0 Å². The van der Waals surface area contributed by atoms with Crippen LogP contribution in [-0.2, 0) is 4.79 Å². The summed E-state index contributed by atoms with van der Waals surface area (Å²) < 4.78 is 1.53. The van der Waals surface area contributed by atoms with E-state index in [2.05, 4.69) is 15.4 Å². The van der Waals surface area contributed by atoms with Gasteiger partial charge in [-0.15, -0.1) is 0 Å². The van der Waals surface area contributed by atoms with E-state index in [9.17, 15) is 14.7 Å². The lowest BCUT2D eigenvalue weighted by molar-refractivity contribution is -0.148. The largest absolute Gasteiger partial charge is 0.480 e. The second kappa shape index (κ2) is 5.01. The van der Waals surface area contributed by atoms with Gasteiger partial charge in [-0.05, 0) is 37.5 Å². The van der Waals surface area contributed by atoms with Crippen molar-refractivity contribution in [1.29, 1.82) is 0 Å². The van der Waals surface area contributed by atoms with Crippen molar-refractivity contribution >= 4 is 11.9 Å². The van der Waals surface area contributed by atoms with Crippen molar-refractivity contribution in [3.63, 3.8) is 0 Å². The first-order chi connectivity index (χ1) is 10.1. The highest BCUT2D eigenvalue weighted by molar-refractivity contribution is 5.96. The number of carboxylic acids is 1. The van der Waals surface area contributed by atoms with Gasteiger partial charge in [-0.1, -0.05) is 6.07 Å². The highest BCUT2D eigenvalue weighted by atomic mass is 16.4. The molecule has 0 spiro atoms. The number of carbonyl (C=O) groups excluding carboxylic acids is 1. The molecular weight excluding hydrogens is 272 g/mol. The normalized spacial score (nSPS) is 16.0. The standard InChI is InChI=1S/C14H14N4O3/c19-12(17-14(13(20)21)6-2-7-14)10-4-1-5-11(16-10)18-9-3-8-15-18/h1,3-5,8-9H,2,6-7H2,(H,17,19)(H,20,21). The van der Waals surface area contributed by atoms with Crippen molar-refractivity contribution in [1.82, 2.24) is 20.1 Å². The number of carboxylic acid groups (broad SMARTS) is 1. The number of amides is 1. The number of nitrogens with one attached hydrogen (secondary N) is 1. The van der Waals surface area contributed by atoms with E-state index in [1.807, 2.05) is 0 Å². The minimum Gasteiger partial charge on any atom is -0.480 e.